The molecule has 0 saturated heterocycles. The molecule has 0 radical (unpaired) electrons. The fraction of sp³-hybridized carbons (Fsp3) is 0.727. The van der Waals surface area contributed by atoms with Gasteiger partial charge in [-0.3, -0.25) is 9.59 Å². The first-order chi connectivity index (χ1) is 8.52. The number of hydrogen-bond acceptors (Lipinski definition) is 4. The summed E-state index contributed by atoms with van der Waals surface area (Å²) in [4.78, 5) is 35.2. The van der Waals surface area contributed by atoms with Gasteiger partial charge in [0, 0.05) is 13.1 Å². The first kappa shape index (κ1) is 14.3. The highest BCUT2D eigenvalue weighted by atomic mass is 16.5. The Morgan fingerprint density at radius 2 is 2.00 bits per heavy atom. The number of ether oxygens (including phenoxy) is 1. The molecule has 3 amide bonds. The van der Waals surface area contributed by atoms with Crippen LogP contribution in [-0.2, 0) is 14.3 Å². The molecule has 1 fully saturated rings. The number of nitrogens with one attached hydrogen (secondary N) is 2. The molecule has 1 aliphatic rings. The van der Waals surface area contributed by atoms with Gasteiger partial charge in [0.25, 0.3) is 0 Å². The summed E-state index contributed by atoms with van der Waals surface area (Å²) in [5.74, 6) is -0.687. The van der Waals surface area contributed by atoms with Gasteiger partial charge in [0.2, 0.25) is 5.91 Å². The predicted octanol–water partition coefficient (Wildman–Crippen LogP) is -0.530. The first-order valence-electron chi connectivity index (χ1n) is 5.97. The van der Waals surface area contributed by atoms with E-state index in [0.717, 1.165) is 12.8 Å². The molecular formula is C11H19N3O4. The Bertz CT molecular complexity index is 328. The topological polar surface area (TPSA) is 87.7 Å². The molecule has 102 valence electrons. The molecule has 0 aromatic heterocycles. The van der Waals surface area contributed by atoms with E-state index in [2.05, 4.69) is 15.4 Å². The van der Waals surface area contributed by atoms with Crippen molar-refractivity contribution in [1.82, 2.24) is 15.5 Å². The Balaban J connectivity index is 2.18. The summed E-state index contributed by atoms with van der Waals surface area (Å²) < 4.78 is 4.66. The summed E-state index contributed by atoms with van der Waals surface area (Å²) in [5, 5.41) is 5.15. The molecule has 0 aliphatic heterocycles. The Labute approximate surface area is 106 Å². The Morgan fingerprint density at radius 3 is 2.56 bits per heavy atom. The molecule has 7 nitrogen and oxygen atoms in total. The summed E-state index contributed by atoms with van der Waals surface area (Å²) in [5.41, 5.74) is 0. The quantitative estimate of drug-likeness (QED) is 0.626. The minimum atomic E-state index is -0.498. The highest BCUT2D eigenvalue weighted by Crippen LogP contribution is 2.18. The van der Waals surface area contributed by atoms with Crippen molar-refractivity contribution >= 4 is 17.9 Å². The van der Waals surface area contributed by atoms with Crippen molar-refractivity contribution in [1.29, 1.82) is 0 Å². The van der Waals surface area contributed by atoms with Crippen LogP contribution >= 0.6 is 0 Å². The van der Waals surface area contributed by atoms with E-state index < -0.39 is 12.0 Å². The molecule has 0 heterocycles. The molecule has 0 aromatic carbocycles. The van der Waals surface area contributed by atoms with Gasteiger partial charge < -0.3 is 20.3 Å². The Hall–Kier alpha value is -1.79. The lowest BCUT2D eigenvalue weighted by Crippen LogP contribution is -2.45. The van der Waals surface area contributed by atoms with Crippen molar-refractivity contribution in [2.75, 3.05) is 26.7 Å². The van der Waals surface area contributed by atoms with Gasteiger partial charge in [-0.1, -0.05) is 0 Å². The number of hydrogen-bond donors (Lipinski definition) is 2. The third-order valence-electron chi connectivity index (χ3n) is 2.36. The zero-order valence-electron chi connectivity index (χ0n) is 10.7. The summed E-state index contributed by atoms with van der Waals surface area (Å²) >= 11 is 0. The van der Waals surface area contributed by atoms with E-state index in [1.165, 1.54) is 11.9 Å². The fourth-order valence-electron chi connectivity index (χ4n) is 1.28. The van der Waals surface area contributed by atoms with E-state index in [9.17, 15) is 14.4 Å². The summed E-state index contributed by atoms with van der Waals surface area (Å²) in [6.45, 7) is 1.74. The second kappa shape index (κ2) is 6.83. The lowest BCUT2D eigenvalue weighted by atomic mass is 10.5. The number of carbonyl (C=O) groups is 3. The average molecular weight is 257 g/mol. The van der Waals surface area contributed by atoms with Crippen LogP contribution in [0.3, 0.4) is 0 Å². The maximum absolute atomic E-state index is 11.5. The zero-order valence-corrected chi connectivity index (χ0v) is 10.7. The van der Waals surface area contributed by atoms with Crippen LogP contribution in [0.4, 0.5) is 4.79 Å². The minimum Gasteiger partial charge on any atom is -0.465 e. The smallest absolute Gasteiger partial charge is 0.325 e. The number of urea groups is 1. The van der Waals surface area contributed by atoms with Crippen LogP contribution in [0.1, 0.15) is 19.8 Å². The van der Waals surface area contributed by atoms with Crippen molar-refractivity contribution in [2.24, 2.45) is 0 Å². The van der Waals surface area contributed by atoms with Gasteiger partial charge in [0.05, 0.1) is 6.61 Å². The van der Waals surface area contributed by atoms with Crippen LogP contribution in [0.2, 0.25) is 0 Å². The summed E-state index contributed by atoms with van der Waals surface area (Å²) in [7, 11) is 1.49. The maximum Gasteiger partial charge on any atom is 0.325 e. The normalized spacial score (nSPS) is 13.7. The number of likely N-dealkylation sites (N-methyl/N-ethyl adjacent to an activating group) is 1. The second-order valence-electron chi connectivity index (χ2n) is 4.16. The highest BCUT2D eigenvalue weighted by Gasteiger charge is 2.24. The van der Waals surface area contributed by atoms with Crippen LogP contribution in [0.5, 0.6) is 0 Å². The van der Waals surface area contributed by atoms with Gasteiger partial charge in [-0.15, -0.1) is 0 Å². The molecular weight excluding hydrogens is 238 g/mol. The Morgan fingerprint density at radius 1 is 1.33 bits per heavy atom. The van der Waals surface area contributed by atoms with Crippen LogP contribution in [-0.4, -0.2) is 55.6 Å². The molecule has 0 spiro atoms. The number of amides is 3. The van der Waals surface area contributed by atoms with E-state index >= 15 is 0 Å². The number of carbonyl (C=O) groups excluding carboxylic acids is 3. The van der Waals surface area contributed by atoms with Crippen LogP contribution in [0.15, 0.2) is 0 Å². The lowest BCUT2D eigenvalue weighted by Gasteiger charge is -2.17. The van der Waals surface area contributed by atoms with Crippen molar-refractivity contribution in [3.05, 3.63) is 0 Å². The molecule has 1 rings (SSSR count). The molecule has 0 unspecified atom stereocenters. The van der Waals surface area contributed by atoms with Crippen LogP contribution in [0.25, 0.3) is 0 Å². The van der Waals surface area contributed by atoms with E-state index in [4.69, 9.17) is 0 Å². The molecule has 0 bridgehead atoms. The molecule has 0 aromatic rings. The van der Waals surface area contributed by atoms with Crippen molar-refractivity contribution in [3.63, 3.8) is 0 Å². The molecule has 1 aliphatic carbocycles. The molecule has 7 heteroatoms. The highest BCUT2D eigenvalue weighted by molar-refractivity contribution is 5.85. The van der Waals surface area contributed by atoms with E-state index in [0.29, 0.717) is 0 Å². The molecule has 1 saturated carbocycles. The minimum absolute atomic E-state index is 0.0227. The first-order valence-corrected chi connectivity index (χ1v) is 5.97. The van der Waals surface area contributed by atoms with Gasteiger partial charge >= 0.3 is 12.0 Å². The fourth-order valence-corrected chi connectivity index (χ4v) is 1.28. The van der Waals surface area contributed by atoms with E-state index in [1.54, 1.807) is 6.92 Å². The number of esters is 1. The maximum atomic E-state index is 11.5. The van der Waals surface area contributed by atoms with Gasteiger partial charge in [0.15, 0.2) is 0 Å². The average Bonchev–Trinajstić information content (AvgIpc) is 3.09. The lowest BCUT2D eigenvalue weighted by molar-refractivity contribution is -0.141. The third kappa shape index (κ3) is 5.51. The van der Waals surface area contributed by atoms with Gasteiger partial charge in [0.1, 0.15) is 13.1 Å². The van der Waals surface area contributed by atoms with Crippen molar-refractivity contribution < 1.29 is 19.1 Å². The summed E-state index contributed by atoms with van der Waals surface area (Å²) in [6, 6.07) is -0.206. The third-order valence-corrected chi connectivity index (χ3v) is 2.36. The molecule has 0 atom stereocenters. The van der Waals surface area contributed by atoms with Gasteiger partial charge in [-0.2, -0.15) is 0 Å². The van der Waals surface area contributed by atoms with Gasteiger partial charge in [-0.05, 0) is 19.8 Å². The van der Waals surface area contributed by atoms with Crippen LogP contribution < -0.4 is 10.6 Å². The number of rotatable bonds is 6. The van der Waals surface area contributed by atoms with Gasteiger partial charge in [-0.25, -0.2) is 4.79 Å². The van der Waals surface area contributed by atoms with Crippen molar-refractivity contribution in [3.8, 4) is 0 Å². The Kier molecular flexibility index (Phi) is 5.41. The monoisotopic (exact) mass is 257 g/mol. The van der Waals surface area contributed by atoms with E-state index in [-0.39, 0.29) is 31.6 Å². The van der Waals surface area contributed by atoms with Crippen LogP contribution in [0, 0.1) is 0 Å². The molecule has 18 heavy (non-hydrogen) atoms. The number of nitrogens with zero attached hydrogens (tertiary/aromatic N) is 1. The summed E-state index contributed by atoms with van der Waals surface area (Å²) in [6.07, 6.45) is 2.01. The second-order valence-corrected chi connectivity index (χ2v) is 4.16. The largest absolute Gasteiger partial charge is 0.465 e. The predicted molar refractivity (Wildman–Crippen MR) is 63.8 cm³/mol. The van der Waals surface area contributed by atoms with Crippen molar-refractivity contribution in [2.45, 2.75) is 25.8 Å². The molecule has 2 N–H and O–H groups in total. The SMILES string of the molecule is CCOC(=O)CNC(=O)N(C)CC(=O)NC1CC1. The zero-order chi connectivity index (χ0) is 13.5. The standard InChI is InChI=1S/C11H19N3O4/c1-3-18-10(16)6-12-11(17)14(2)7-9(15)13-8-4-5-8/h8H,3-7H2,1-2H3,(H,12,17)(H,13,15). The van der Waals surface area contributed by atoms with E-state index in [1.807, 2.05) is 0 Å².